The molecule has 0 spiro atoms. The van der Waals surface area contributed by atoms with E-state index in [1.54, 1.807) is 6.92 Å². The normalized spacial score (nSPS) is 15.1. The molecule has 3 aromatic heterocycles. The van der Waals surface area contributed by atoms with Gasteiger partial charge in [0.25, 0.3) is 0 Å². The molecule has 0 unspecified atom stereocenters. The van der Waals surface area contributed by atoms with Gasteiger partial charge in [-0.15, -0.1) is 0 Å². The predicted molar refractivity (Wildman–Crippen MR) is 137 cm³/mol. The van der Waals surface area contributed by atoms with Gasteiger partial charge in [0.2, 0.25) is 0 Å². The molecular weight excluding hydrogens is 438 g/mol. The summed E-state index contributed by atoms with van der Waals surface area (Å²) in [6.45, 7) is 12.1. The predicted octanol–water partition coefficient (Wildman–Crippen LogP) is 6.27. The van der Waals surface area contributed by atoms with Crippen LogP contribution in [0.15, 0.2) is 47.2 Å². The Labute approximate surface area is 206 Å². The van der Waals surface area contributed by atoms with E-state index >= 15 is 0 Å². The first-order valence-corrected chi connectivity index (χ1v) is 12.4. The third-order valence-corrected chi connectivity index (χ3v) is 7.63. The lowest BCUT2D eigenvalue weighted by Gasteiger charge is -2.22. The van der Waals surface area contributed by atoms with E-state index < -0.39 is 5.41 Å². The minimum atomic E-state index is -0.503. The Morgan fingerprint density at radius 1 is 1.11 bits per heavy atom. The first kappa shape index (κ1) is 23.5. The second-order valence-electron chi connectivity index (χ2n) is 10.3. The van der Waals surface area contributed by atoms with Gasteiger partial charge in [0.15, 0.2) is 0 Å². The van der Waals surface area contributed by atoms with Crippen molar-refractivity contribution in [1.29, 1.82) is 0 Å². The highest BCUT2D eigenvalue weighted by Gasteiger charge is 2.26. The summed E-state index contributed by atoms with van der Waals surface area (Å²) in [5.74, 6) is 1.54. The molecule has 6 nitrogen and oxygen atoms in total. The van der Waals surface area contributed by atoms with Crippen LogP contribution in [0.2, 0.25) is 0 Å². The fourth-order valence-electron chi connectivity index (χ4n) is 5.04. The van der Waals surface area contributed by atoms with Crippen LogP contribution in [0.4, 0.5) is 0 Å². The van der Waals surface area contributed by atoms with Gasteiger partial charge in [-0.25, -0.2) is 0 Å². The zero-order chi connectivity index (χ0) is 24.7. The smallest absolute Gasteiger partial charge is 0.141 e. The Balaban J connectivity index is 1.60. The summed E-state index contributed by atoms with van der Waals surface area (Å²) >= 11 is 0. The van der Waals surface area contributed by atoms with E-state index in [1.165, 1.54) is 0 Å². The molecule has 1 fully saturated rings. The number of nitrogens with zero attached hydrogens (tertiary/aromatic N) is 3. The monoisotopic (exact) mass is 471 g/mol. The molecular formula is C29H33N3O3. The number of carbonyl (C=O) groups is 1. The number of aromatic nitrogens is 3. The van der Waals surface area contributed by atoms with Crippen molar-refractivity contribution in [3.05, 3.63) is 59.7 Å². The van der Waals surface area contributed by atoms with Gasteiger partial charge in [-0.05, 0) is 70.6 Å². The average Bonchev–Trinajstić information content (AvgIpc) is 3.38. The summed E-state index contributed by atoms with van der Waals surface area (Å²) in [7, 11) is 0. The molecule has 4 heterocycles. The topological polar surface area (TPSA) is 70.2 Å². The van der Waals surface area contributed by atoms with Crippen LogP contribution in [-0.2, 0) is 21.5 Å². The number of ether oxygens (including phenoxy) is 1. The van der Waals surface area contributed by atoms with Crippen LogP contribution < -0.4 is 0 Å². The molecule has 1 aliphatic heterocycles. The van der Waals surface area contributed by atoms with E-state index in [0.717, 1.165) is 82.9 Å². The van der Waals surface area contributed by atoms with Gasteiger partial charge in [-0.3, -0.25) is 9.78 Å². The minimum Gasteiger partial charge on any atom is -0.381 e. The molecule has 4 aromatic rings. The van der Waals surface area contributed by atoms with Crippen LogP contribution in [0.25, 0.3) is 33.3 Å². The van der Waals surface area contributed by atoms with Crippen molar-refractivity contribution in [3.63, 3.8) is 0 Å². The first-order valence-electron chi connectivity index (χ1n) is 12.4. The lowest BCUT2D eigenvalue weighted by molar-refractivity contribution is -0.121. The van der Waals surface area contributed by atoms with Gasteiger partial charge in [-0.2, -0.15) is 0 Å². The summed E-state index contributed by atoms with van der Waals surface area (Å²) in [5, 5.41) is 4.13. The van der Waals surface area contributed by atoms with Crippen molar-refractivity contribution in [2.75, 3.05) is 13.2 Å². The number of benzene rings is 1. The highest BCUT2D eigenvalue weighted by Crippen LogP contribution is 2.36. The third-order valence-electron chi connectivity index (χ3n) is 7.63. The number of pyridine rings is 1. The first-order chi connectivity index (χ1) is 16.8. The van der Waals surface area contributed by atoms with E-state index in [9.17, 15) is 4.79 Å². The van der Waals surface area contributed by atoms with Crippen molar-refractivity contribution < 1.29 is 14.1 Å². The van der Waals surface area contributed by atoms with Crippen molar-refractivity contribution in [3.8, 4) is 22.3 Å². The van der Waals surface area contributed by atoms with Gasteiger partial charge < -0.3 is 13.8 Å². The Morgan fingerprint density at radius 2 is 1.83 bits per heavy atom. The third kappa shape index (κ3) is 4.31. The van der Waals surface area contributed by atoms with Crippen LogP contribution in [-0.4, -0.2) is 33.7 Å². The second kappa shape index (κ2) is 9.08. The minimum absolute atomic E-state index is 0.159. The van der Waals surface area contributed by atoms with Crippen LogP contribution >= 0.6 is 0 Å². The summed E-state index contributed by atoms with van der Waals surface area (Å²) in [6.07, 6.45) is 6.29. The number of aryl methyl sites for hydroxylation is 2. The Bertz CT molecular complexity index is 1350. The molecule has 0 N–H and O–H groups in total. The molecule has 182 valence electrons. The number of ketones is 1. The van der Waals surface area contributed by atoms with Gasteiger partial charge in [-0.1, -0.05) is 29.4 Å². The zero-order valence-corrected chi connectivity index (χ0v) is 21.2. The molecule has 1 aliphatic rings. The van der Waals surface area contributed by atoms with Crippen molar-refractivity contribution in [2.24, 2.45) is 5.92 Å². The molecule has 0 atom stereocenters. The Morgan fingerprint density at radius 3 is 2.46 bits per heavy atom. The fraction of sp³-hybridized carbons (Fsp3) is 0.414. The highest BCUT2D eigenvalue weighted by molar-refractivity contribution is 5.95. The summed E-state index contributed by atoms with van der Waals surface area (Å²) in [5.41, 5.74) is 7.70. The number of Topliss-reactive ketones (excluding diaryl/α,β-unsaturated/α-hetero) is 1. The number of carbonyl (C=O) groups excluding carboxylic acids is 1. The molecule has 0 amide bonds. The van der Waals surface area contributed by atoms with Crippen LogP contribution in [0.1, 0.15) is 50.6 Å². The SMILES string of the molecule is CC(=O)C(C)(C)c1ccc(-c2cn(CC3CCOCC3)c3cc(-c4c(C)noc4C)cnc23)cc1. The number of rotatable bonds is 6. The highest BCUT2D eigenvalue weighted by atomic mass is 16.5. The lowest BCUT2D eigenvalue weighted by atomic mass is 9.81. The van der Waals surface area contributed by atoms with Crippen LogP contribution in [0.3, 0.4) is 0 Å². The molecule has 0 saturated carbocycles. The van der Waals surface area contributed by atoms with E-state index in [-0.39, 0.29) is 5.78 Å². The maximum absolute atomic E-state index is 12.1. The van der Waals surface area contributed by atoms with Crippen molar-refractivity contribution >= 4 is 16.8 Å². The van der Waals surface area contributed by atoms with E-state index in [2.05, 4.69) is 46.3 Å². The Hall–Kier alpha value is -3.25. The van der Waals surface area contributed by atoms with Crippen molar-refractivity contribution in [2.45, 2.75) is 59.4 Å². The van der Waals surface area contributed by atoms with Crippen LogP contribution in [0.5, 0.6) is 0 Å². The largest absolute Gasteiger partial charge is 0.381 e. The molecule has 5 rings (SSSR count). The van der Waals surface area contributed by atoms with Gasteiger partial charge in [0, 0.05) is 54.3 Å². The Kier molecular flexibility index (Phi) is 6.09. The molecule has 35 heavy (non-hydrogen) atoms. The van der Waals surface area contributed by atoms with E-state index in [0.29, 0.717) is 5.92 Å². The maximum atomic E-state index is 12.1. The van der Waals surface area contributed by atoms with E-state index in [4.69, 9.17) is 14.2 Å². The molecule has 6 heteroatoms. The fourth-order valence-corrected chi connectivity index (χ4v) is 5.04. The number of fused-ring (bicyclic) bond motifs is 1. The number of hydrogen-bond donors (Lipinski definition) is 0. The summed E-state index contributed by atoms with van der Waals surface area (Å²) in [4.78, 5) is 17.1. The van der Waals surface area contributed by atoms with Crippen LogP contribution in [0, 0.1) is 19.8 Å². The van der Waals surface area contributed by atoms with E-state index in [1.807, 2.05) is 33.9 Å². The lowest BCUT2D eigenvalue weighted by Crippen LogP contribution is -2.26. The number of hydrogen-bond acceptors (Lipinski definition) is 5. The second-order valence-corrected chi connectivity index (χ2v) is 10.3. The molecule has 0 bridgehead atoms. The maximum Gasteiger partial charge on any atom is 0.141 e. The molecule has 0 radical (unpaired) electrons. The molecule has 1 saturated heterocycles. The molecule has 1 aromatic carbocycles. The van der Waals surface area contributed by atoms with Gasteiger partial charge in [0.05, 0.1) is 16.7 Å². The van der Waals surface area contributed by atoms with Gasteiger partial charge >= 0.3 is 0 Å². The molecule has 0 aliphatic carbocycles. The zero-order valence-electron chi connectivity index (χ0n) is 21.2. The standard InChI is InChI=1S/C29H33N3O3/c1-18-27(19(2)35-31-18)23-14-26-28(30-15-23)25(17-32(26)16-21-10-12-34-13-11-21)22-6-8-24(9-7-22)29(4,5)20(3)33/h6-9,14-15,17,21H,10-13,16H2,1-5H3. The van der Waals surface area contributed by atoms with Crippen molar-refractivity contribution in [1.82, 2.24) is 14.7 Å². The summed E-state index contributed by atoms with van der Waals surface area (Å²) < 4.78 is 13.4. The van der Waals surface area contributed by atoms with Gasteiger partial charge in [0.1, 0.15) is 11.5 Å². The average molecular weight is 472 g/mol. The summed E-state index contributed by atoms with van der Waals surface area (Å²) in [6, 6.07) is 10.6. The quantitative estimate of drug-likeness (QED) is 0.331.